The summed E-state index contributed by atoms with van der Waals surface area (Å²) in [5.74, 6) is -1.36. The maximum Gasteiger partial charge on any atom is 0.338 e. The molecule has 0 aliphatic rings. The van der Waals surface area contributed by atoms with E-state index in [4.69, 9.17) is 4.74 Å². The van der Waals surface area contributed by atoms with Gasteiger partial charge in [0.1, 0.15) is 0 Å². The van der Waals surface area contributed by atoms with Crippen molar-refractivity contribution in [3.8, 4) is 0 Å². The quantitative estimate of drug-likeness (QED) is 0.215. The summed E-state index contributed by atoms with van der Waals surface area (Å²) in [5.41, 5.74) is 0.684. The molecule has 0 bridgehead atoms. The molecule has 2 aromatic carbocycles. The van der Waals surface area contributed by atoms with Gasteiger partial charge >= 0.3 is 5.97 Å². The molecule has 9 heteroatoms. The van der Waals surface area contributed by atoms with Gasteiger partial charge in [-0.1, -0.05) is 6.92 Å². The average Bonchev–Trinajstić information content (AvgIpc) is 2.71. The number of benzene rings is 2. The lowest BCUT2D eigenvalue weighted by Gasteiger charge is -2.07. The Morgan fingerprint density at radius 2 is 1.76 bits per heavy atom. The van der Waals surface area contributed by atoms with Gasteiger partial charge in [0.25, 0.3) is 5.69 Å². The van der Waals surface area contributed by atoms with Crippen molar-refractivity contribution in [3.05, 3.63) is 63.7 Å². The van der Waals surface area contributed by atoms with E-state index in [2.05, 4.69) is 5.32 Å². The predicted octanol–water partition coefficient (Wildman–Crippen LogP) is 4.10. The van der Waals surface area contributed by atoms with Crippen LogP contribution >= 0.6 is 11.8 Å². The number of thioether (sulfide) groups is 1. The maximum atomic E-state index is 12.2. The fourth-order valence-electron chi connectivity index (χ4n) is 2.45. The molecule has 2 aromatic rings. The van der Waals surface area contributed by atoms with Gasteiger partial charge in [0, 0.05) is 23.7 Å². The third-order valence-electron chi connectivity index (χ3n) is 3.91. The van der Waals surface area contributed by atoms with E-state index in [-0.39, 0.29) is 17.2 Å². The third-order valence-corrected chi connectivity index (χ3v) is 4.70. The van der Waals surface area contributed by atoms with Crippen molar-refractivity contribution in [1.82, 2.24) is 0 Å². The van der Waals surface area contributed by atoms with Crippen LogP contribution in [0.2, 0.25) is 0 Å². The molecule has 1 N–H and O–H groups in total. The number of nitrogens with one attached hydrogen (secondary N) is 1. The van der Waals surface area contributed by atoms with Gasteiger partial charge < -0.3 is 10.1 Å². The molecule has 152 valence electrons. The molecule has 0 fully saturated rings. The van der Waals surface area contributed by atoms with Gasteiger partial charge in [0.2, 0.25) is 5.91 Å². The minimum absolute atomic E-state index is 0.00344. The Morgan fingerprint density at radius 1 is 1.10 bits per heavy atom. The number of anilines is 1. The Hall–Kier alpha value is -3.20. The van der Waals surface area contributed by atoms with Crippen molar-refractivity contribution in [2.75, 3.05) is 18.2 Å². The number of esters is 1. The monoisotopic (exact) mass is 416 g/mol. The number of nitro benzene ring substituents is 1. The van der Waals surface area contributed by atoms with Crippen LogP contribution in [-0.2, 0) is 9.53 Å². The SMILES string of the molecule is CCCC(=O)Nc1ccc(C(=O)COC(=O)c2ccc(SC)c([N+](=O)[O-])c2)cc1. The topological polar surface area (TPSA) is 116 Å². The van der Waals surface area contributed by atoms with Gasteiger partial charge in [0.05, 0.1) is 15.4 Å². The second-order valence-electron chi connectivity index (χ2n) is 6.02. The van der Waals surface area contributed by atoms with Gasteiger partial charge in [-0.3, -0.25) is 19.7 Å². The molecule has 0 radical (unpaired) electrons. The van der Waals surface area contributed by atoms with Crippen LogP contribution in [0, 0.1) is 10.1 Å². The Labute approximate surface area is 171 Å². The summed E-state index contributed by atoms with van der Waals surface area (Å²) in [6, 6.07) is 10.2. The molecular formula is C20H20N2O6S. The van der Waals surface area contributed by atoms with Gasteiger partial charge in [-0.25, -0.2) is 4.79 Å². The summed E-state index contributed by atoms with van der Waals surface area (Å²) in [5, 5.41) is 13.8. The molecular weight excluding hydrogens is 396 g/mol. The second-order valence-corrected chi connectivity index (χ2v) is 6.87. The van der Waals surface area contributed by atoms with Crippen molar-refractivity contribution >= 4 is 40.8 Å². The number of amides is 1. The fourth-order valence-corrected chi connectivity index (χ4v) is 2.99. The Morgan fingerprint density at radius 3 is 2.34 bits per heavy atom. The highest BCUT2D eigenvalue weighted by Gasteiger charge is 2.19. The number of rotatable bonds is 9. The Balaban J connectivity index is 1.98. The summed E-state index contributed by atoms with van der Waals surface area (Å²) < 4.78 is 4.99. The average molecular weight is 416 g/mol. The lowest BCUT2D eigenvalue weighted by molar-refractivity contribution is -0.387. The molecule has 29 heavy (non-hydrogen) atoms. The number of ether oxygens (including phenoxy) is 1. The first kappa shape index (κ1) is 22.1. The normalized spacial score (nSPS) is 10.3. The summed E-state index contributed by atoms with van der Waals surface area (Å²) >= 11 is 1.19. The van der Waals surface area contributed by atoms with E-state index in [1.54, 1.807) is 18.4 Å². The molecule has 0 spiro atoms. The zero-order valence-electron chi connectivity index (χ0n) is 16.0. The Bertz CT molecular complexity index is 927. The van der Waals surface area contributed by atoms with E-state index in [1.165, 1.54) is 36.0 Å². The lowest BCUT2D eigenvalue weighted by Crippen LogP contribution is -2.15. The van der Waals surface area contributed by atoms with Crippen LogP contribution < -0.4 is 5.32 Å². The summed E-state index contributed by atoms with van der Waals surface area (Å²) in [6.45, 7) is 1.40. The molecule has 0 atom stereocenters. The number of carbonyl (C=O) groups excluding carboxylic acids is 3. The number of hydrogen-bond donors (Lipinski definition) is 1. The van der Waals surface area contributed by atoms with Crippen LogP contribution in [-0.4, -0.2) is 35.4 Å². The minimum atomic E-state index is -0.822. The van der Waals surface area contributed by atoms with Gasteiger partial charge in [-0.15, -0.1) is 11.8 Å². The van der Waals surface area contributed by atoms with Crippen LogP contribution in [0.25, 0.3) is 0 Å². The van der Waals surface area contributed by atoms with E-state index in [0.29, 0.717) is 22.6 Å². The van der Waals surface area contributed by atoms with Crippen LogP contribution in [0.15, 0.2) is 47.4 Å². The third kappa shape index (κ3) is 6.15. The van der Waals surface area contributed by atoms with Crippen LogP contribution in [0.4, 0.5) is 11.4 Å². The molecule has 2 rings (SSSR count). The highest BCUT2D eigenvalue weighted by atomic mass is 32.2. The number of ketones is 1. The van der Waals surface area contributed by atoms with Crippen molar-refractivity contribution in [2.45, 2.75) is 24.7 Å². The van der Waals surface area contributed by atoms with E-state index in [1.807, 2.05) is 6.92 Å². The van der Waals surface area contributed by atoms with Crippen molar-refractivity contribution in [1.29, 1.82) is 0 Å². The molecule has 0 unspecified atom stereocenters. The zero-order valence-corrected chi connectivity index (χ0v) is 16.8. The van der Waals surface area contributed by atoms with E-state index in [9.17, 15) is 24.5 Å². The summed E-state index contributed by atoms with van der Waals surface area (Å²) in [4.78, 5) is 46.9. The predicted molar refractivity (Wildman–Crippen MR) is 109 cm³/mol. The first-order valence-electron chi connectivity index (χ1n) is 8.78. The van der Waals surface area contributed by atoms with Crippen molar-refractivity contribution < 1.29 is 24.0 Å². The molecule has 0 saturated carbocycles. The number of carbonyl (C=O) groups is 3. The lowest BCUT2D eigenvalue weighted by atomic mass is 10.1. The second kappa shape index (κ2) is 10.4. The smallest absolute Gasteiger partial charge is 0.338 e. The van der Waals surface area contributed by atoms with Crippen LogP contribution in [0.5, 0.6) is 0 Å². The van der Waals surface area contributed by atoms with Gasteiger partial charge in [0.15, 0.2) is 12.4 Å². The molecule has 1 amide bonds. The summed E-state index contributed by atoms with van der Waals surface area (Å²) in [6.07, 6.45) is 2.84. The molecule has 8 nitrogen and oxygen atoms in total. The van der Waals surface area contributed by atoms with E-state index in [0.717, 1.165) is 12.5 Å². The molecule has 0 heterocycles. The molecule has 0 saturated heterocycles. The number of Topliss-reactive ketones (excluding diaryl/α,β-unsaturated/α-hetero) is 1. The minimum Gasteiger partial charge on any atom is -0.454 e. The highest BCUT2D eigenvalue weighted by Crippen LogP contribution is 2.28. The largest absolute Gasteiger partial charge is 0.454 e. The van der Waals surface area contributed by atoms with E-state index >= 15 is 0 Å². The number of nitro groups is 1. The standard InChI is InChI=1S/C20H20N2O6S/c1-3-4-19(24)21-15-8-5-13(6-9-15)17(23)12-28-20(25)14-7-10-18(29-2)16(11-14)22(26)27/h5-11H,3-4,12H2,1-2H3,(H,21,24). The molecule has 0 aliphatic heterocycles. The highest BCUT2D eigenvalue weighted by molar-refractivity contribution is 7.98. The number of hydrogen-bond acceptors (Lipinski definition) is 7. The number of nitrogens with zero attached hydrogens (tertiary/aromatic N) is 1. The van der Waals surface area contributed by atoms with Gasteiger partial charge in [-0.05, 0) is 49.1 Å². The maximum absolute atomic E-state index is 12.2. The van der Waals surface area contributed by atoms with Crippen LogP contribution in [0.3, 0.4) is 0 Å². The van der Waals surface area contributed by atoms with Crippen molar-refractivity contribution in [2.24, 2.45) is 0 Å². The fraction of sp³-hybridized carbons (Fsp3) is 0.250. The first-order valence-corrected chi connectivity index (χ1v) is 10.0. The van der Waals surface area contributed by atoms with E-state index < -0.39 is 23.3 Å². The van der Waals surface area contributed by atoms with Crippen molar-refractivity contribution in [3.63, 3.8) is 0 Å². The molecule has 0 aliphatic carbocycles. The first-order chi connectivity index (χ1) is 13.8. The molecule has 0 aromatic heterocycles. The van der Waals surface area contributed by atoms with Gasteiger partial charge in [-0.2, -0.15) is 0 Å². The zero-order chi connectivity index (χ0) is 21.4. The Kier molecular flexibility index (Phi) is 7.90. The van der Waals surface area contributed by atoms with Crippen LogP contribution in [0.1, 0.15) is 40.5 Å². The summed E-state index contributed by atoms with van der Waals surface area (Å²) in [7, 11) is 0.